The lowest BCUT2D eigenvalue weighted by Crippen LogP contribution is -2.44. The molecular weight excluding hydrogens is 292 g/mol. The summed E-state index contributed by atoms with van der Waals surface area (Å²) in [6.07, 6.45) is 0.961. The van der Waals surface area contributed by atoms with E-state index in [0.717, 1.165) is 11.3 Å². The molecule has 1 aromatic heterocycles. The van der Waals surface area contributed by atoms with Crippen LogP contribution in [-0.2, 0) is 22.7 Å². The van der Waals surface area contributed by atoms with Crippen LogP contribution in [0.2, 0.25) is 0 Å². The number of carbonyl (C=O) groups excluding carboxylic acids is 2. The minimum Gasteiger partial charge on any atom is -0.464 e. The van der Waals surface area contributed by atoms with Gasteiger partial charge in [0.2, 0.25) is 11.8 Å². The molecule has 23 heavy (non-hydrogen) atoms. The Morgan fingerprint density at radius 3 is 2.74 bits per heavy atom. The summed E-state index contributed by atoms with van der Waals surface area (Å²) in [6, 6.07) is 13.0. The molecule has 1 atom stereocenters. The molecule has 0 spiro atoms. The zero-order chi connectivity index (χ0) is 16.2. The van der Waals surface area contributed by atoms with Gasteiger partial charge in [-0.1, -0.05) is 30.3 Å². The average Bonchev–Trinajstić information content (AvgIpc) is 3.13. The van der Waals surface area contributed by atoms with Crippen molar-refractivity contribution in [3.05, 3.63) is 59.5 Å². The molecule has 2 heterocycles. The normalized spacial score (nSPS) is 17.5. The van der Waals surface area contributed by atoms with Crippen molar-refractivity contribution in [2.45, 2.75) is 38.9 Å². The lowest BCUT2D eigenvalue weighted by Gasteiger charge is -2.23. The Labute approximate surface area is 135 Å². The Morgan fingerprint density at radius 2 is 2.04 bits per heavy atom. The lowest BCUT2D eigenvalue weighted by atomic mass is 10.2. The van der Waals surface area contributed by atoms with E-state index < -0.39 is 6.04 Å². The number of aryl methyl sites for hydroxylation is 1. The van der Waals surface area contributed by atoms with Crippen molar-refractivity contribution < 1.29 is 14.0 Å². The minimum atomic E-state index is -0.420. The average molecular weight is 312 g/mol. The van der Waals surface area contributed by atoms with Gasteiger partial charge in [0.25, 0.3) is 0 Å². The number of likely N-dealkylation sites (tertiary alicyclic amines) is 1. The highest BCUT2D eigenvalue weighted by atomic mass is 16.3. The molecule has 1 saturated heterocycles. The van der Waals surface area contributed by atoms with Crippen molar-refractivity contribution in [1.29, 1.82) is 0 Å². The van der Waals surface area contributed by atoms with E-state index in [2.05, 4.69) is 5.32 Å². The van der Waals surface area contributed by atoms with E-state index in [1.54, 1.807) is 4.90 Å². The van der Waals surface area contributed by atoms with Crippen LogP contribution in [0, 0.1) is 6.92 Å². The molecule has 5 heteroatoms. The fourth-order valence-corrected chi connectivity index (χ4v) is 2.85. The second kappa shape index (κ2) is 6.69. The summed E-state index contributed by atoms with van der Waals surface area (Å²) in [5, 5.41) is 2.92. The molecule has 0 bridgehead atoms. The van der Waals surface area contributed by atoms with Crippen molar-refractivity contribution in [2.75, 3.05) is 0 Å². The predicted octanol–water partition coefficient (Wildman–Crippen LogP) is 2.40. The SMILES string of the molecule is Cc1ccc(CN2C(=O)CC[C@H]2C(=O)NCc2ccccc2)o1. The molecule has 1 aliphatic rings. The number of nitrogens with one attached hydrogen (secondary N) is 1. The first-order valence-corrected chi connectivity index (χ1v) is 7.80. The van der Waals surface area contributed by atoms with E-state index in [0.29, 0.717) is 31.7 Å². The number of amides is 2. The van der Waals surface area contributed by atoms with Crippen LogP contribution in [0.5, 0.6) is 0 Å². The first-order chi connectivity index (χ1) is 11.1. The van der Waals surface area contributed by atoms with Crippen molar-refractivity contribution in [2.24, 2.45) is 0 Å². The van der Waals surface area contributed by atoms with Gasteiger partial charge in [-0.05, 0) is 31.0 Å². The van der Waals surface area contributed by atoms with E-state index in [-0.39, 0.29) is 11.8 Å². The highest BCUT2D eigenvalue weighted by molar-refractivity contribution is 5.90. The summed E-state index contributed by atoms with van der Waals surface area (Å²) in [6.45, 7) is 2.67. The molecule has 1 N–H and O–H groups in total. The number of nitrogens with zero attached hydrogens (tertiary/aromatic N) is 1. The molecule has 120 valence electrons. The summed E-state index contributed by atoms with van der Waals surface area (Å²) in [5.74, 6) is 1.40. The fraction of sp³-hybridized carbons (Fsp3) is 0.333. The van der Waals surface area contributed by atoms with E-state index >= 15 is 0 Å². The van der Waals surface area contributed by atoms with Crippen molar-refractivity contribution in [3.8, 4) is 0 Å². The van der Waals surface area contributed by atoms with Gasteiger partial charge < -0.3 is 14.6 Å². The number of carbonyl (C=O) groups is 2. The van der Waals surface area contributed by atoms with Crippen molar-refractivity contribution in [3.63, 3.8) is 0 Å². The smallest absolute Gasteiger partial charge is 0.243 e. The van der Waals surface area contributed by atoms with Crippen LogP contribution in [0.3, 0.4) is 0 Å². The topological polar surface area (TPSA) is 62.6 Å². The molecule has 2 aromatic rings. The number of rotatable bonds is 5. The molecule has 1 aromatic carbocycles. The highest BCUT2D eigenvalue weighted by Gasteiger charge is 2.36. The van der Waals surface area contributed by atoms with Gasteiger partial charge in [-0.25, -0.2) is 0 Å². The van der Waals surface area contributed by atoms with Crippen LogP contribution >= 0.6 is 0 Å². The molecule has 2 amide bonds. The van der Waals surface area contributed by atoms with E-state index in [1.807, 2.05) is 49.4 Å². The monoisotopic (exact) mass is 312 g/mol. The minimum absolute atomic E-state index is 0.00101. The van der Waals surface area contributed by atoms with Gasteiger partial charge in [-0.3, -0.25) is 9.59 Å². The molecular formula is C18H20N2O3. The third-order valence-corrected chi connectivity index (χ3v) is 4.06. The van der Waals surface area contributed by atoms with Gasteiger partial charge in [0.1, 0.15) is 17.6 Å². The van der Waals surface area contributed by atoms with Crippen LogP contribution in [0.25, 0.3) is 0 Å². The van der Waals surface area contributed by atoms with Gasteiger partial charge in [0.05, 0.1) is 6.54 Å². The van der Waals surface area contributed by atoms with Crippen LogP contribution in [0.15, 0.2) is 46.9 Å². The maximum absolute atomic E-state index is 12.4. The van der Waals surface area contributed by atoms with E-state index in [1.165, 1.54) is 0 Å². The van der Waals surface area contributed by atoms with Crippen LogP contribution < -0.4 is 5.32 Å². The summed E-state index contributed by atoms with van der Waals surface area (Å²) in [4.78, 5) is 26.1. The second-order valence-electron chi connectivity index (χ2n) is 5.79. The molecule has 3 rings (SSSR count). The third-order valence-electron chi connectivity index (χ3n) is 4.06. The zero-order valence-electron chi connectivity index (χ0n) is 13.1. The standard InChI is InChI=1S/C18H20N2O3/c1-13-7-8-15(23-13)12-20-16(9-10-17(20)21)18(22)19-11-14-5-3-2-4-6-14/h2-8,16H,9-12H2,1H3,(H,19,22)/t16-/m0/s1. The van der Waals surface area contributed by atoms with Crippen molar-refractivity contribution >= 4 is 11.8 Å². The van der Waals surface area contributed by atoms with Crippen molar-refractivity contribution in [1.82, 2.24) is 10.2 Å². The first kappa shape index (κ1) is 15.3. The maximum Gasteiger partial charge on any atom is 0.243 e. The molecule has 0 unspecified atom stereocenters. The van der Waals surface area contributed by atoms with Gasteiger partial charge >= 0.3 is 0 Å². The highest BCUT2D eigenvalue weighted by Crippen LogP contribution is 2.22. The molecule has 0 aliphatic carbocycles. The summed E-state index contributed by atoms with van der Waals surface area (Å²) in [7, 11) is 0. The van der Waals surface area contributed by atoms with Crippen LogP contribution in [0.4, 0.5) is 0 Å². The van der Waals surface area contributed by atoms with Gasteiger partial charge in [0, 0.05) is 13.0 Å². The number of hydrogen-bond acceptors (Lipinski definition) is 3. The number of furan rings is 1. The molecule has 0 saturated carbocycles. The Balaban J connectivity index is 1.62. The Bertz CT molecular complexity index is 693. The summed E-state index contributed by atoms with van der Waals surface area (Å²) < 4.78 is 5.53. The second-order valence-corrected chi connectivity index (χ2v) is 5.79. The fourth-order valence-electron chi connectivity index (χ4n) is 2.85. The van der Waals surface area contributed by atoms with Gasteiger partial charge in [-0.15, -0.1) is 0 Å². The lowest BCUT2D eigenvalue weighted by molar-refractivity contribution is -0.136. The van der Waals surface area contributed by atoms with Crippen LogP contribution in [-0.4, -0.2) is 22.8 Å². The Hall–Kier alpha value is -2.56. The molecule has 5 nitrogen and oxygen atoms in total. The quantitative estimate of drug-likeness (QED) is 0.922. The van der Waals surface area contributed by atoms with Crippen LogP contribution in [0.1, 0.15) is 29.9 Å². The molecule has 0 radical (unpaired) electrons. The summed E-state index contributed by atoms with van der Waals surface area (Å²) in [5.41, 5.74) is 1.04. The largest absolute Gasteiger partial charge is 0.464 e. The molecule has 1 aliphatic heterocycles. The van der Waals surface area contributed by atoms with E-state index in [9.17, 15) is 9.59 Å². The number of hydrogen-bond donors (Lipinski definition) is 1. The summed E-state index contributed by atoms with van der Waals surface area (Å²) >= 11 is 0. The van der Waals surface area contributed by atoms with Gasteiger partial charge in [0.15, 0.2) is 0 Å². The first-order valence-electron chi connectivity index (χ1n) is 7.80. The Morgan fingerprint density at radius 1 is 1.26 bits per heavy atom. The zero-order valence-corrected chi connectivity index (χ0v) is 13.1. The van der Waals surface area contributed by atoms with Gasteiger partial charge in [-0.2, -0.15) is 0 Å². The molecule has 1 fully saturated rings. The Kier molecular flexibility index (Phi) is 4.46. The number of benzene rings is 1. The van der Waals surface area contributed by atoms with E-state index in [4.69, 9.17) is 4.42 Å². The maximum atomic E-state index is 12.4. The third kappa shape index (κ3) is 3.62. The predicted molar refractivity (Wildman–Crippen MR) is 85.3 cm³/mol.